The maximum atomic E-state index is 13.0. The van der Waals surface area contributed by atoms with Gasteiger partial charge in [-0.1, -0.05) is 17.7 Å². The maximum absolute atomic E-state index is 13.0. The van der Waals surface area contributed by atoms with E-state index in [-0.39, 0.29) is 41.7 Å². The van der Waals surface area contributed by atoms with E-state index in [1.165, 1.54) is 22.6 Å². The summed E-state index contributed by atoms with van der Waals surface area (Å²) in [6, 6.07) is 5.42. The largest absolute Gasteiger partial charge is 0.334 e. The number of aromatic nitrogens is 3. The second-order valence-electron chi connectivity index (χ2n) is 6.06. The van der Waals surface area contributed by atoms with Crippen LogP contribution in [0, 0.1) is 0 Å². The van der Waals surface area contributed by atoms with Crippen molar-refractivity contribution in [2.45, 2.75) is 30.8 Å². The number of halogens is 1. The first-order valence-electron chi connectivity index (χ1n) is 7.75. The maximum Gasteiger partial charge on any atom is 0.276 e. The standard InChI is InChI=1S/C15H18ClN5O3S/c1-10-8-20(15(22)14-7-17-19-18-14)9-11(2)21(10)25(23,24)13-5-3-4-12(16)6-13/h3-7,10-11H,8-9H2,1-2H3,(H,17,18,19)/t10-,11+. The molecule has 0 bridgehead atoms. The highest BCUT2D eigenvalue weighted by atomic mass is 35.5. The SMILES string of the molecule is C[C@@H]1CN(C(=O)c2cn[nH]n2)C[C@H](C)N1S(=O)(=O)c1cccc(Cl)c1. The van der Waals surface area contributed by atoms with Gasteiger partial charge in [-0.2, -0.15) is 19.7 Å². The minimum absolute atomic E-state index is 0.148. The Bertz CT molecular complexity index is 859. The highest BCUT2D eigenvalue weighted by Crippen LogP contribution is 2.27. The van der Waals surface area contributed by atoms with Crippen molar-refractivity contribution in [3.63, 3.8) is 0 Å². The van der Waals surface area contributed by atoms with Crippen LogP contribution in [-0.2, 0) is 10.0 Å². The highest BCUT2D eigenvalue weighted by Gasteiger charge is 2.40. The van der Waals surface area contributed by atoms with Crippen LogP contribution in [0.2, 0.25) is 5.02 Å². The molecule has 1 aliphatic heterocycles. The molecule has 134 valence electrons. The van der Waals surface area contributed by atoms with Gasteiger partial charge < -0.3 is 4.90 Å². The fourth-order valence-electron chi connectivity index (χ4n) is 3.16. The summed E-state index contributed by atoms with van der Waals surface area (Å²) >= 11 is 5.93. The average Bonchev–Trinajstić information content (AvgIpc) is 3.07. The van der Waals surface area contributed by atoms with Gasteiger partial charge in [-0.3, -0.25) is 4.79 Å². The van der Waals surface area contributed by atoms with Crippen molar-refractivity contribution in [2.75, 3.05) is 13.1 Å². The number of carbonyl (C=O) groups excluding carboxylic acids is 1. The first-order chi connectivity index (χ1) is 11.8. The van der Waals surface area contributed by atoms with Gasteiger partial charge in [0.15, 0.2) is 5.69 Å². The van der Waals surface area contributed by atoms with Crippen molar-refractivity contribution in [1.82, 2.24) is 24.6 Å². The molecule has 1 aromatic carbocycles. The smallest absolute Gasteiger partial charge is 0.276 e. The molecule has 0 unspecified atom stereocenters. The summed E-state index contributed by atoms with van der Waals surface area (Å²) in [6.07, 6.45) is 1.35. The number of sulfonamides is 1. The Balaban J connectivity index is 1.84. The zero-order valence-corrected chi connectivity index (χ0v) is 15.3. The zero-order chi connectivity index (χ0) is 18.2. The lowest BCUT2D eigenvalue weighted by Crippen LogP contribution is -2.59. The van der Waals surface area contributed by atoms with Gasteiger partial charge in [-0.05, 0) is 32.0 Å². The summed E-state index contributed by atoms with van der Waals surface area (Å²) in [4.78, 5) is 14.2. The van der Waals surface area contributed by atoms with E-state index in [0.29, 0.717) is 5.02 Å². The van der Waals surface area contributed by atoms with Crippen LogP contribution in [0.1, 0.15) is 24.3 Å². The van der Waals surface area contributed by atoms with Crippen LogP contribution >= 0.6 is 11.6 Å². The number of piperazine rings is 1. The quantitative estimate of drug-likeness (QED) is 0.863. The number of amides is 1. The Morgan fingerprint density at radius 3 is 2.52 bits per heavy atom. The monoisotopic (exact) mass is 383 g/mol. The third-order valence-corrected chi connectivity index (χ3v) is 6.49. The first kappa shape index (κ1) is 17.8. The second-order valence-corrected chi connectivity index (χ2v) is 8.34. The van der Waals surface area contributed by atoms with Crippen LogP contribution < -0.4 is 0 Å². The van der Waals surface area contributed by atoms with Gasteiger partial charge in [0.1, 0.15) is 0 Å². The van der Waals surface area contributed by atoms with Gasteiger partial charge in [0.25, 0.3) is 5.91 Å². The molecule has 2 aromatic rings. The van der Waals surface area contributed by atoms with Crippen molar-refractivity contribution in [3.05, 3.63) is 41.2 Å². The summed E-state index contributed by atoms with van der Waals surface area (Å²) in [7, 11) is -3.71. The summed E-state index contributed by atoms with van der Waals surface area (Å²) in [5, 5.41) is 10.2. The number of hydrogen-bond acceptors (Lipinski definition) is 5. The summed E-state index contributed by atoms with van der Waals surface area (Å²) in [6.45, 7) is 4.10. The fourth-order valence-corrected chi connectivity index (χ4v) is 5.27. The van der Waals surface area contributed by atoms with Crippen molar-refractivity contribution in [2.24, 2.45) is 0 Å². The second kappa shape index (κ2) is 6.74. The van der Waals surface area contributed by atoms with Gasteiger partial charge in [-0.25, -0.2) is 8.42 Å². The van der Waals surface area contributed by atoms with E-state index >= 15 is 0 Å². The van der Waals surface area contributed by atoms with Gasteiger partial charge in [0.2, 0.25) is 10.0 Å². The van der Waals surface area contributed by atoms with Gasteiger partial charge in [-0.15, -0.1) is 0 Å². The molecule has 2 atom stereocenters. The van der Waals surface area contributed by atoms with E-state index in [4.69, 9.17) is 11.6 Å². The Kier molecular flexibility index (Phi) is 4.81. The number of rotatable bonds is 3. The van der Waals surface area contributed by atoms with Crippen LogP contribution in [0.25, 0.3) is 0 Å². The molecule has 10 heteroatoms. The molecule has 3 rings (SSSR count). The molecule has 1 fully saturated rings. The molecule has 0 saturated carbocycles. The normalized spacial score (nSPS) is 22.1. The molecule has 25 heavy (non-hydrogen) atoms. The highest BCUT2D eigenvalue weighted by molar-refractivity contribution is 7.89. The molecule has 1 N–H and O–H groups in total. The topological polar surface area (TPSA) is 99.3 Å². The van der Waals surface area contributed by atoms with Crippen molar-refractivity contribution < 1.29 is 13.2 Å². The van der Waals surface area contributed by atoms with E-state index in [2.05, 4.69) is 15.4 Å². The summed E-state index contributed by atoms with van der Waals surface area (Å²) in [5.74, 6) is -0.271. The van der Waals surface area contributed by atoms with E-state index in [1.54, 1.807) is 30.9 Å². The number of carbonyl (C=O) groups is 1. The zero-order valence-electron chi connectivity index (χ0n) is 13.8. The molecule has 2 heterocycles. The average molecular weight is 384 g/mol. The third-order valence-electron chi connectivity index (χ3n) is 4.13. The molecular formula is C15H18ClN5O3S. The third kappa shape index (κ3) is 3.39. The predicted molar refractivity (Wildman–Crippen MR) is 91.7 cm³/mol. The van der Waals surface area contributed by atoms with Crippen molar-refractivity contribution in [1.29, 1.82) is 0 Å². The minimum Gasteiger partial charge on any atom is -0.334 e. The Morgan fingerprint density at radius 1 is 1.28 bits per heavy atom. The lowest BCUT2D eigenvalue weighted by Gasteiger charge is -2.43. The fraction of sp³-hybridized carbons (Fsp3) is 0.400. The van der Waals surface area contributed by atoms with Crippen molar-refractivity contribution in [3.8, 4) is 0 Å². The lowest BCUT2D eigenvalue weighted by atomic mass is 10.1. The Labute approximate surface area is 150 Å². The molecule has 0 radical (unpaired) electrons. The molecule has 1 aliphatic rings. The number of hydrogen-bond donors (Lipinski definition) is 1. The Hall–Kier alpha value is -1.97. The molecule has 0 spiro atoms. The number of aromatic amines is 1. The molecule has 1 saturated heterocycles. The number of nitrogens with one attached hydrogen (secondary N) is 1. The summed E-state index contributed by atoms with van der Waals surface area (Å²) < 4.78 is 27.4. The minimum atomic E-state index is -3.71. The van der Waals surface area contributed by atoms with Crippen molar-refractivity contribution >= 4 is 27.5 Å². The van der Waals surface area contributed by atoms with Crippen LogP contribution in [-0.4, -0.2) is 64.1 Å². The van der Waals surface area contributed by atoms with E-state index in [0.717, 1.165) is 0 Å². The molecule has 0 aliphatic carbocycles. The molecular weight excluding hydrogens is 366 g/mol. The van der Waals surface area contributed by atoms with E-state index in [9.17, 15) is 13.2 Å². The molecule has 8 nitrogen and oxygen atoms in total. The van der Waals surface area contributed by atoms with E-state index < -0.39 is 10.0 Å². The van der Waals surface area contributed by atoms with Crippen LogP contribution in [0.5, 0.6) is 0 Å². The van der Waals surface area contributed by atoms with Crippen LogP contribution in [0.15, 0.2) is 35.4 Å². The first-order valence-corrected chi connectivity index (χ1v) is 9.56. The predicted octanol–water partition coefficient (Wildman–Crippen LogP) is 1.38. The van der Waals surface area contributed by atoms with Gasteiger partial charge in [0, 0.05) is 30.2 Å². The summed E-state index contributed by atoms with van der Waals surface area (Å²) in [5.41, 5.74) is 0.213. The van der Waals surface area contributed by atoms with Crippen LogP contribution in [0.3, 0.4) is 0 Å². The van der Waals surface area contributed by atoms with Gasteiger partial charge in [0.05, 0.1) is 11.1 Å². The Morgan fingerprint density at radius 2 is 1.96 bits per heavy atom. The van der Waals surface area contributed by atoms with Crippen LogP contribution in [0.4, 0.5) is 0 Å². The van der Waals surface area contributed by atoms with E-state index in [1.807, 2.05) is 0 Å². The van der Waals surface area contributed by atoms with Gasteiger partial charge >= 0.3 is 0 Å². The molecule has 1 aromatic heterocycles. The number of H-pyrrole nitrogens is 1. The number of nitrogens with zero attached hydrogens (tertiary/aromatic N) is 4. The lowest BCUT2D eigenvalue weighted by molar-refractivity contribution is 0.0548. The number of benzene rings is 1. The molecule has 1 amide bonds.